The van der Waals surface area contributed by atoms with Gasteiger partial charge in [0.25, 0.3) is 5.91 Å². The van der Waals surface area contributed by atoms with Crippen molar-refractivity contribution in [2.45, 2.75) is 11.8 Å². The zero-order chi connectivity index (χ0) is 18.7. The minimum absolute atomic E-state index is 0.120. The monoisotopic (exact) mass is 373 g/mol. The number of rotatable bonds is 4. The molecule has 1 saturated heterocycles. The van der Waals surface area contributed by atoms with Gasteiger partial charge in [-0.1, -0.05) is 17.7 Å². The van der Waals surface area contributed by atoms with Crippen molar-refractivity contribution in [1.82, 2.24) is 9.62 Å². The number of carbonyl (C=O) groups is 1. The first-order valence-corrected chi connectivity index (χ1v) is 10.00. The molecule has 1 heterocycles. The number of aryl methyl sites for hydroxylation is 1. The van der Waals surface area contributed by atoms with E-state index in [0.717, 1.165) is 11.3 Å². The average Bonchev–Trinajstić information content (AvgIpc) is 2.68. The van der Waals surface area contributed by atoms with Crippen LogP contribution in [-0.4, -0.2) is 51.9 Å². The van der Waals surface area contributed by atoms with E-state index in [1.54, 1.807) is 31.3 Å². The molecule has 1 amide bonds. The Bertz CT molecular complexity index is 869. The summed E-state index contributed by atoms with van der Waals surface area (Å²) in [6.45, 7) is 4.04. The lowest BCUT2D eigenvalue weighted by atomic mass is 10.1. The van der Waals surface area contributed by atoms with Crippen molar-refractivity contribution >= 4 is 21.6 Å². The van der Waals surface area contributed by atoms with Crippen LogP contribution in [0.25, 0.3) is 0 Å². The van der Waals surface area contributed by atoms with Crippen LogP contribution in [0.3, 0.4) is 0 Å². The Balaban J connectivity index is 1.67. The number of anilines is 1. The molecule has 1 aliphatic heterocycles. The molecule has 1 fully saturated rings. The molecule has 0 saturated carbocycles. The van der Waals surface area contributed by atoms with Gasteiger partial charge in [0.05, 0.1) is 4.90 Å². The summed E-state index contributed by atoms with van der Waals surface area (Å²) in [5.74, 6) is -0.120. The number of sulfonamides is 1. The van der Waals surface area contributed by atoms with Crippen LogP contribution in [0.2, 0.25) is 0 Å². The molecule has 7 heteroatoms. The summed E-state index contributed by atoms with van der Waals surface area (Å²) in [6.07, 6.45) is 0. The van der Waals surface area contributed by atoms with E-state index in [1.165, 1.54) is 4.31 Å². The number of carbonyl (C=O) groups excluding carboxylic acids is 1. The Labute approximate surface area is 154 Å². The molecule has 0 aliphatic carbocycles. The quantitative estimate of drug-likeness (QED) is 0.888. The van der Waals surface area contributed by atoms with Crippen molar-refractivity contribution in [2.75, 3.05) is 38.1 Å². The van der Waals surface area contributed by atoms with Gasteiger partial charge in [-0.2, -0.15) is 4.31 Å². The van der Waals surface area contributed by atoms with Crippen molar-refractivity contribution in [2.24, 2.45) is 0 Å². The highest BCUT2D eigenvalue weighted by atomic mass is 32.2. The zero-order valence-corrected chi connectivity index (χ0v) is 15.8. The predicted octanol–water partition coefficient (Wildman–Crippen LogP) is 1.87. The Morgan fingerprint density at radius 1 is 0.923 bits per heavy atom. The summed E-state index contributed by atoms with van der Waals surface area (Å²) < 4.78 is 27.0. The van der Waals surface area contributed by atoms with Crippen LogP contribution in [0.15, 0.2) is 53.4 Å². The Kier molecular flexibility index (Phi) is 5.29. The van der Waals surface area contributed by atoms with Gasteiger partial charge >= 0.3 is 0 Å². The number of hydrogen-bond acceptors (Lipinski definition) is 4. The van der Waals surface area contributed by atoms with Gasteiger partial charge in [0.15, 0.2) is 0 Å². The lowest BCUT2D eigenvalue weighted by Crippen LogP contribution is -2.48. The van der Waals surface area contributed by atoms with Gasteiger partial charge in [0.1, 0.15) is 0 Å². The van der Waals surface area contributed by atoms with Gasteiger partial charge in [-0.3, -0.25) is 4.79 Å². The zero-order valence-electron chi connectivity index (χ0n) is 15.0. The highest BCUT2D eigenvalue weighted by molar-refractivity contribution is 7.89. The molecule has 1 aliphatic rings. The predicted molar refractivity (Wildman–Crippen MR) is 102 cm³/mol. The number of benzene rings is 2. The molecule has 0 aromatic heterocycles. The molecule has 2 aromatic rings. The molecule has 0 radical (unpaired) electrons. The molecule has 1 N–H and O–H groups in total. The normalized spacial score (nSPS) is 15.7. The second-order valence-electron chi connectivity index (χ2n) is 6.33. The van der Waals surface area contributed by atoms with Crippen LogP contribution in [0.5, 0.6) is 0 Å². The third-order valence-electron chi connectivity index (χ3n) is 4.62. The van der Waals surface area contributed by atoms with Crippen LogP contribution in [-0.2, 0) is 10.0 Å². The topological polar surface area (TPSA) is 69.7 Å². The highest BCUT2D eigenvalue weighted by Gasteiger charge is 2.28. The standard InChI is InChI=1S/C19H23N3O3S/c1-15-3-9-18(10-4-15)26(24,25)22-13-11-21(12-14-22)17-7-5-16(6-8-17)19(23)20-2/h3-10H,11-14H2,1-2H3,(H,20,23). The fourth-order valence-corrected chi connectivity index (χ4v) is 4.44. The van der Waals surface area contributed by atoms with Crippen LogP contribution in [0, 0.1) is 6.92 Å². The van der Waals surface area contributed by atoms with E-state index in [4.69, 9.17) is 0 Å². The summed E-state index contributed by atoms with van der Waals surface area (Å²) >= 11 is 0. The molecule has 2 aromatic carbocycles. The number of hydrogen-bond donors (Lipinski definition) is 1. The molecular weight excluding hydrogens is 350 g/mol. The Morgan fingerprint density at radius 2 is 1.50 bits per heavy atom. The van der Waals surface area contributed by atoms with Gasteiger partial charge < -0.3 is 10.2 Å². The SMILES string of the molecule is CNC(=O)c1ccc(N2CCN(S(=O)(=O)c3ccc(C)cc3)CC2)cc1. The second-order valence-corrected chi connectivity index (χ2v) is 8.27. The van der Waals surface area contributed by atoms with Gasteiger partial charge in [-0.15, -0.1) is 0 Å². The van der Waals surface area contributed by atoms with Gasteiger partial charge in [-0.25, -0.2) is 8.42 Å². The number of amides is 1. The largest absolute Gasteiger partial charge is 0.369 e. The molecule has 6 nitrogen and oxygen atoms in total. The summed E-state index contributed by atoms with van der Waals surface area (Å²) in [5.41, 5.74) is 2.64. The van der Waals surface area contributed by atoms with Crippen LogP contribution >= 0.6 is 0 Å². The third-order valence-corrected chi connectivity index (χ3v) is 6.53. The van der Waals surface area contributed by atoms with Gasteiger partial charge in [-0.05, 0) is 43.3 Å². The number of nitrogens with one attached hydrogen (secondary N) is 1. The summed E-state index contributed by atoms with van der Waals surface area (Å²) in [7, 11) is -1.85. The van der Waals surface area contributed by atoms with Crippen molar-refractivity contribution in [3.05, 3.63) is 59.7 Å². The first-order valence-electron chi connectivity index (χ1n) is 8.56. The van der Waals surface area contributed by atoms with Gasteiger partial charge in [0.2, 0.25) is 10.0 Å². The number of piperazine rings is 1. The van der Waals surface area contributed by atoms with E-state index in [2.05, 4.69) is 10.2 Å². The van der Waals surface area contributed by atoms with E-state index in [9.17, 15) is 13.2 Å². The first-order chi connectivity index (χ1) is 12.4. The van der Waals surface area contributed by atoms with E-state index in [-0.39, 0.29) is 5.91 Å². The maximum atomic E-state index is 12.8. The molecule has 0 spiro atoms. The van der Waals surface area contributed by atoms with Crippen LogP contribution in [0.1, 0.15) is 15.9 Å². The lowest BCUT2D eigenvalue weighted by Gasteiger charge is -2.35. The maximum absolute atomic E-state index is 12.8. The third kappa shape index (κ3) is 3.73. The fraction of sp³-hybridized carbons (Fsp3) is 0.316. The van der Waals surface area contributed by atoms with Crippen molar-refractivity contribution in [1.29, 1.82) is 0 Å². The highest BCUT2D eigenvalue weighted by Crippen LogP contribution is 2.22. The second kappa shape index (κ2) is 7.47. The van der Waals surface area contributed by atoms with Crippen molar-refractivity contribution in [3.8, 4) is 0 Å². The minimum Gasteiger partial charge on any atom is -0.369 e. The summed E-state index contributed by atoms with van der Waals surface area (Å²) in [4.78, 5) is 14.1. The Hall–Kier alpha value is -2.38. The van der Waals surface area contributed by atoms with E-state index in [0.29, 0.717) is 36.6 Å². The minimum atomic E-state index is -3.45. The molecule has 0 atom stereocenters. The van der Waals surface area contributed by atoms with Crippen molar-refractivity contribution in [3.63, 3.8) is 0 Å². The summed E-state index contributed by atoms with van der Waals surface area (Å²) in [5, 5.41) is 2.60. The fourth-order valence-electron chi connectivity index (χ4n) is 3.01. The van der Waals surface area contributed by atoms with Crippen molar-refractivity contribution < 1.29 is 13.2 Å². The van der Waals surface area contributed by atoms with Crippen LogP contribution in [0.4, 0.5) is 5.69 Å². The molecule has 0 unspecified atom stereocenters. The molecule has 138 valence electrons. The molecule has 26 heavy (non-hydrogen) atoms. The summed E-state index contributed by atoms with van der Waals surface area (Å²) in [6, 6.07) is 14.3. The van der Waals surface area contributed by atoms with Gasteiger partial charge in [0, 0.05) is 44.5 Å². The number of nitrogens with zero attached hydrogens (tertiary/aromatic N) is 2. The molecular formula is C19H23N3O3S. The molecule has 3 rings (SSSR count). The van der Waals surface area contributed by atoms with E-state index in [1.807, 2.05) is 31.2 Å². The van der Waals surface area contributed by atoms with E-state index < -0.39 is 10.0 Å². The van der Waals surface area contributed by atoms with E-state index >= 15 is 0 Å². The smallest absolute Gasteiger partial charge is 0.251 e. The molecule has 0 bridgehead atoms. The van der Waals surface area contributed by atoms with Crippen LogP contribution < -0.4 is 10.2 Å². The Morgan fingerprint density at radius 3 is 2.04 bits per heavy atom. The first kappa shape index (κ1) is 18.4. The lowest BCUT2D eigenvalue weighted by molar-refractivity contribution is 0.0963. The maximum Gasteiger partial charge on any atom is 0.251 e. The average molecular weight is 373 g/mol.